The summed E-state index contributed by atoms with van der Waals surface area (Å²) in [7, 11) is 0. The Morgan fingerprint density at radius 3 is 1.88 bits per heavy atom. The molecular formula is C25H40. The van der Waals surface area contributed by atoms with Crippen molar-refractivity contribution in [1.29, 1.82) is 0 Å². The van der Waals surface area contributed by atoms with Gasteiger partial charge in [-0.05, 0) is 98.7 Å². The molecule has 1 aromatic rings. The molecule has 0 heteroatoms. The fourth-order valence-corrected chi connectivity index (χ4v) is 4.22. The van der Waals surface area contributed by atoms with Gasteiger partial charge < -0.3 is 0 Å². The Morgan fingerprint density at radius 2 is 1.28 bits per heavy atom. The molecular weight excluding hydrogens is 300 g/mol. The zero-order valence-corrected chi connectivity index (χ0v) is 17.1. The summed E-state index contributed by atoms with van der Waals surface area (Å²) in [4.78, 5) is 0. The Labute approximate surface area is 156 Å². The Balaban J connectivity index is 1.29. The Hall–Kier alpha value is -0.780. The van der Waals surface area contributed by atoms with Crippen molar-refractivity contribution < 1.29 is 0 Å². The third-order valence-corrected chi connectivity index (χ3v) is 7.09. The summed E-state index contributed by atoms with van der Waals surface area (Å²) in [5, 5.41) is 0. The first-order valence-corrected chi connectivity index (χ1v) is 11.1. The van der Waals surface area contributed by atoms with Crippen molar-refractivity contribution in [3.63, 3.8) is 0 Å². The van der Waals surface area contributed by atoms with E-state index < -0.39 is 0 Å². The minimum atomic E-state index is 0.732. The largest absolute Gasteiger partial charge is 0.0596 e. The molecule has 0 saturated heterocycles. The summed E-state index contributed by atoms with van der Waals surface area (Å²) >= 11 is 0. The Kier molecular flexibility index (Phi) is 6.29. The first-order valence-electron chi connectivity index (χ1n) is 11.1. The molecule has 0 atom stereocenters. The first kappa shape index (κ1) is 19.0. The van der Waals surface area contributed by atoms with E-state index >= 15 is 0 Å². The van der Waals surface area contributed by atoms with E-state index in [1.807, 2.05) is 0 Å². The smallest absolute Gasteiger partial charge is 0.0276 e. The van der Waals surface area contributed by atoms with Crippen LogP contribution in [-0.2, 0) is 12.8 Å². The van der Waals surface area contributed by atoms with E-state index in [9.17, 15) is 0 Å². The Bertz CT molecular complexity index is 545. The molecule has 2 saturated carbocycles. The number of hydrogen-bond donors (Lipinski definition) is 0. The van der Waals surface area contributed by atoms with Gasteiger partial charge in [-0.15, -0.1) is 0 Å². The Morgan fingerprint density at radius 1 is 0.720 bits per heavy atom. The second-order valence-electron chi connectivity index (χ2n) is 10.0. The van der Waals surface area contributed by atoms with E-state index in [-0.39, 0.29) is 0 Å². The van der Waals surface area contributed by atoms with Crippen molar-refractivity contribution in [2.24, 2.45) is 10.8 Å². The highest BCUT2D eigenvalue weighted by atomic mass is 14.4. The van der Waals surface area contributed by atoms with Crippen LogP contribution in [0.25, 0.3) is 0 Å². The molecule has 2 fully saturated rings. The van der Waals surface area contributed by atoms with Crippen molar-refractivity contribution >= 4 is 0 Å². The molecule has 0 N–H and O–H groups in total. The summed E-state index contributed by atoms with van der Waals surface area (Å²) in [6.07, 6.45) is 19.8. The van der Waals surface area contributed by atoms with Crippen molar-refractivity contribution in [1.82, 2.24) is 0 Å². The van der Waals surface area contributed by atoms with Gasteiger partial charge in [-0.2, -0.15) is 0 Å². The highest BCUT2D eigenvalue weighted by Gasteiger charge is 2.36. The summed E-state index contributed by atoms with van der Waals surface area (Å²) in [5.41, 5.74) is 6.15. The number of rotatable bonds is 12. The zero-order valence-electron chi connectivity index (χ0n) is 17.1. The van der Waals surface area contributed by atoms with Gasteiger partial charge in [-0.3, -0.25) is 0 Å². The molecule has 3 rings (SSSR count). The summed E-state index contributed by atoms with van der Waals surface area (Å²) in [5.74, 6) is 0. The summed E-state index contributed by atoms with van der Waals surface area (Å²) in [6, 6.07) is 7.27. The molecule has 0 heterocycles. The number of benzene rings is 1. The molecule has 0 aliphatic heterocycles. The van der Waals surface area contributed by atoms with Gasteiger partial charge in [0.2, 0.25) is 0 Å². The van der Waals surface area contributed by atoms with Gasteiger partial charge in [0.15, 0.2) is 0 Å². The van der Waals surface area contributed by atoms with Crippen LogP contribution in [0, 0.1) is 17.8 Å². The van der Waals surface area contributed by atoms with Crippen LogP contribution in [0.2, 0.25) is 0 Å². The predicted octanol–water partition coefficient (Wildman–Crippen LogP) is 7.80. The molecule has 0 nitrogen and oxygen atoms in total. The second kappa shape index (κ2) is 8.28. The highest BCUT2D eigenvalue weighted by molar-refractivity contribution is 5.31. The maximum absolute atomic E-state index is 2.46. The fourth-order valence-electron chi connectivity index (χ4n) is 4.22. The van der Waals surface area contributed by atoms with Crippen LogP contribution in [0.4, 0.5) is 0 Å². The minimum absolute atomic E-state index is 0.732. The van der Waals surface area contributed by atoms with Gasteiger partial charge in [-0.1, -0.05) is 57.7 Å². The molecule has 2 aliphatic carbocycles. The van der Waals surface area contributed by atoms with Crippen molar-refractivity contribution in [3.05, 3.63) is 34.9 Å². The monoisotopic (exact) mass is 340 g/mol. The molecule has 25 heavy (non-hydrogen) atoms. The van der Waals surface area contributed by atoms with E-state index in [1.165, 1.54) is 95.5 Å². The first-order chi connectivity index (χ1) is 12.0. The van der Waals surface area contributed by atoms with Crippen LogP contribution in [0.3, 0.4) is 0 Å². The van der Waals surface area contributed by atoms with Crippen LogP contribution in [0.15, 0.2) is 18.2 Å². The molecule has 140 valence electrons. The highest BCUT2D eigenvalue weighted by Crippen LogP contribution is 2.49. The zero-order chi connectivity index (χ0) is 17.8. The minimum Gasteiger partial charge on any atom is -0.0596 e. The summed E-state index contributed by atoms with van der Waals surface area (Å²) < 4.78 is 0. The molecule has 0 radical (unpaired) electrons. The van der Waals surface area contributed by atoms with Gasteiger partial charge in [0.1, 0.15) is 0 Å². The van der Waals surface area contributed by atoms with Gasteiger partial charge in [0.05, 0.1) is 0 Å². The number of unbranched alkanes of at least 4 members (excludes halogenated alkanes) is 4. The maximum Gasteiger partial charge on any atom is -0.0276 e. The fraction of sp³-hybridized carbons (Fsp3) is 0.760. The average molecular weight is 341 g/mol. The van der Waals surface area contributed by atoms with E-state index in [1.54, 1.807) is 11.1 Å². The SMILES string of the molecule is Cc1cc(CCCCC2(C)CC2)ccc1CCCCCCC1(C)CC1. The van der Waals surface area contributed by atoms with Crippen LogP contribution in [-0.4, -0.2) is 0 Å². The van der Waals surface area contributed by atoms with Crippen LogP contribution in [0.5, 0.6) is 0 Å². The lowest BCUT2D eigenvalue weighted by atomic mass is 9.95. The van der Waals surface area contributed by atoms with E-state index in [2.05, 4.69) is 39.0 Å². The van der Waals surface area contributed by atoms with Gasteiger partial charge in [0, 0.05) is 0 Å². The molecule has 0 aromatic heterocycles. The van der Waals surface area contributed by atoms with Crippen LogP contribution >= 0.6 is 0 Å². The van der Waals surface area contributed by atoms with E-state index in [0.717, 1.165) is 10.8 Å². The molecule has 0 amide bonds. The van der Waals surface area contributed by atoms with Crippen LogP contribution in [0.1, 0.15) is 108 Å². The molecule has 2 aliphatic rings. The van der Waals surface area contributed by atoms with E-state index in [4.69, 9.17) is 0 Å². The third-order valence-electron chi connectivity index (χ3n) is 7.09. The standard InChI is InChI=1S/C25H40/c1-21-20-22(10-7-9-15-25(3)18-19-25)12-13-23(21)11-6-4-5-8-14-24(2)16-17-24/h12-13,20H,4-11,14-19H2,1-3H3. The van der Waals surface area contributed by atoms with Crippen molar-refractivity contribution in [3.8, 4) is 0 Å². The molecule has 0 bridgehead atoms. The predicted molar refractivity (Wildman–Crippen MR) is 110 cm³/mol. The van der Waals surface area contributed by atoms with Gasteiger partial charge >= 0.3 is 0 Å². The number of aryl methyl sites for hydroxylation is 3. The molecule has 0 unspecified atom stereocenters. The van der Waals surface area contributed by atoms with E-state index in [0.29, 0.717) is 0 Å². The topological polar surface area (TPSA) is 0 Å². The normalized spacial score (nSPS) is 19.8. The lowest BCUT2D eigenvalue weighted by Gasteiger charge is -2.11. The quantitative estimate of drug-likeness (QED) is 0.340. The number of hydrogen-bond acceptors (Lipinski definition) is 0. The maximum atomic E-state index is 2.46. The second-order valence-corrected chi connectivity index (χ2v) is 10.0. The third kappa shape index (κ3) is 6.46. The lowest BCUT2D eigenvalue weighted by Crippen LogP contribution is -1.96. The van der Waals surface area contributed by atoms with Crippen molar-refractivity contribution in [2.75, 3.05) is 0 Å². The van der Waals surface area contributed by atoms with Crippen LogP contribution < -0.4 is 0 Å². The summed E-state index contributed by atoms with van der Waals surface area (Å²) in [6.45, 7) is 7.24. The molecule has 0 spiro atoms. The average Bonchev–Trinajstić information content (AvgIpc) is 3.49. The lowest BCUT2D eigenvalue weighted by molar-refractivity contribution is 0.471. The molecule has 1 aromatic carbocycles. The van der Waals surface area contributed by atoms with Gasteiger partial charge in [0.25, 0.3) is 0 Å². The van der Waals surface area contributed by atoms with Gasteiger partial charge in [-0.25, -0.2) is 0 Å². The van der Waals surface area contributed by atoms with Crippen molar-refractivity contribution in [2.45, 2.75) is 111 Å².